The van der Waals surface area contributed by atoms with Crippen molar-refractivity contribution in [3.8, 4) is 5.75 Å². The van der Waals surface area contributed by atoms with Crippen LogP contribution in [-0.2, 0) is 5.41 Å². The molecule has 1 aromatic rings. The van der Waals surface area contributed by atoms with E-state index in [-0.39, 0.29) is 5.41 Å². The third-order valence-corrected chi connectivity index (χ3v) is 2.88. The van der Waals surface area contributed by atoms with Crippen LogP contribution >= 0.6 is 0 Å². The van der Waals surface area contributed by atoms with Gasteiger partial charge in [0.15, 0.2) is 0 Å². The van der Waals surface area contributed by atoms with Crippen LogP contribution in [0.3, 0.4) is 0 Å². The van der Waals surface area contributed by atoms with E-state index in [0.717, 1.165) is 12.2 Å². The highest BCUT2D eigenvalue weighted by atomic mass is 16.5. The Balaban J connectivity index is 2.84. The van der Waals surface area contributed by atoms with E-state index in [2.05, 4.69) is 53.7 Å². The Morgan fingerprint density at radius 3 is 1.94 bits per heavy atom. The minimum absolute atomic E-state index is 0.196. The zero-order chi connectivity index (χ0) is 13.1. The molecule has 0 saturated heterocycles. The van der Waals surface area contributed by atoms with Crippen LogP contribution in [0.15, 0.2) is 24.3 Å². The molecule has 1 rings (SSSR count). The van der Waals surface area contributed by atoms with E-state index in [0.29, 0.717) is 12.0 Å². The minimum atomic E-state index is 0.196. The number of rotatable bonds is 4. The van der Waals surface area contributed by atoms with E-state index >= 15 is 0 Å². The lowest BCUT2D eigenvalue weighted by molar-refractivity contribution is 0.284. The smallest absolute Gasteiger partial charge is 0.119 e. The summed E-state index contributed by atoms with van der Waals surface area (Å²) in [7, 11) is 0. The molecule has 0 fully saturated rings. The molecule has 1 aromatic carbocycles. The molecule has 95 valence electrons. The molecule has 0 unspecified atom stereocenters. The predicted molar refractivity (Wildman–Crippen MR) is 74.4 cm³/mol. The fraction of sp³-hybridized carbons (Fsp3) is 0.562. The first-order valence-electron chi connectivity index (χ1n) is 6.27. The number of benzene rings is 1. The average Bonchev–Trinajstić information content (AvgIpc) is 2.15. The van der Waals surface area contributed by atoms with Gasteiger partial charge in [-0.25, -0.2) is 0 Å². The van der Waals surface area contributed by atoms with Gasteiger partial charge in [0.1, 0.15) is 5.75 Å². The van der Waals surface area contributed by atoms with E-state index in [1.54, 1.807) is 0 Å². The van der Waals surface area contributed by atoms with E-state index in [4.69, 9.17) is 4.74 Å². The lowest BCUT2D eigenvalue weighted by Crippen LogP contribution is -2.24. The Bertz CT molecular complexity index is 341. The Morgan fingerprint density at radius 2 is 1.53 bits per heavy atom. The molecule has 0 heterocycles. The molecule has 0 aliphatic carbocycles. The van der Waals surface area contributed by atoms with E-state index in [9.17, 15) is 0 Å². The molecule has 0 amide bonds. The monoisotopic (exact) mass is 233 g/mol. The van der Waals surface area contributed by atoms with Gasteiger partial charge in [-0.2, -0.15) is 0 Å². The molecule has 0 spiro atoms. The van der Waals surface area contributed by atoms with Gasteiger partial charge in [-0.05, 0) is 41.9 Å². The van der Waals surface area contributed by atoms with Gasteiger partial charge in [0, 0.05) is 0 Å². The molecular formula is C16H25O. The fourth-order valence-electron chi connectivity index (χ4n) is 2.55. The number of ether oxygens (including phenoxy) is 1. The molecule has 1 nitrogen and oxygen atoms in total. The maximum absolute atomic E-state index is 5.36. The highest BCUT2D eigenvalue weighted by molar-refractivity contribution is 5.31. The van der Waals surface area contributed by atoms with Gasteiger partial charge in [0.25, 0.3) is 0 Å². The van der Waals surface area contributed by atoms with E-state index in [1.165, 1.54) is 5.56 Å². The van der Waals surface area contributed by atoms with Crippen molar-refractivity contribution in [1.82, 2.24) is 0 Å². The molecule has 0 bridgehead atoms. The first kappa shape index (κ1) is 14.1. The molecule has 0 aromatic heterocycles. The van der Waals surface area contributed by atoms with Crippen LogP contribution < -0.4 is 4.74 Å². The van der Waals surface area contributed by atoms with Gasteiger partial charge in [0.2, 0.25) is 0 Å². The Morgan fingerprint density at radius 1 is 1.00 bits per heavy atom. The molecular weight excluding hydrogens is 208 g/mol. The molecule has 0 atom stereocenters. The largest absolute Gasteiger partial charge is 0.494 e. The highest BCUT2D eigenvalue weighted by Gasteiger charge is 2.26. The summed E-state index contributed by atoms with van der Waals surface area (Å²) < 4.78 is 5.36. The summed E-state index contributed by atoms with van der Waals surface area (Å²) in [4.78, 5) is 0. The summed E-state index contributed by atoms with van der Waals surface area (Å²) in [6.07, 6.45) is 1.16. The van der Waals surface area contributed by atoms with Crippen molar-refractivity contribution >= 4 is 0 Å². The average molecular weight is 233 g/mol. The van der Waals surface area contributed by atoms with Crippen molar-refractivity contribution in [3.63, 3.8) is 0 Å². The Hall–Kier alpha value is -0.980. The zero-order valence-corrected chi connectivity index (χ0v) is 11.8. The van der Waals surface area contributed by atoms with Gasteiger partial charge in [0.05, 0.1) is 6.61 Å². The summed E-state index contributed by atoms with van der Waals surface area (Å²) in [6.45, 7) is 15.6. The van der Waals surface area contributed by atoms with Crippen LogP contribution in [0.1, 0.15) is 46.6 Å². The van der Waals surface area contributed by atoms with Crippen molar-refractivity contribution in [3.05, 3.63) is 36.8 Å². The first-order valence-corrected chi connectivity index (χ1v) is 6.27. The van der Waals surface area contributed by atoms with E-state index in [1.807, 2.05) is 12.1 Å². The second-order valence-corrected chi connectivity index (χ2v) is 6.49. The van der Waals surface area contributed by atoms with Crippen molar-refractivity contribution in [2.24, 2.45) is 5.41 Å². The van der Waals surface area contributed by atoms with Crippen molar-refractivity contribution < 1.29 is 4.74 Å². The van der Waals surface area contributed by atoms with Crippen molar-refractivity contribution in [2.45, 2.75) is 46.5 Å². The van der Waals surface area contributed by atoms with Crippen LogP contribution in [0.5, 0.6) is 5.75 Å². The van der Waals surface area contributed by atoms with E-state index < -0.39 is 0 Å². The second kappa shape index (κ2) is 5.12. The summed E-state index contributed by atoms with van der Waals surface area (Å²) in [5, 5.41) is 0. The summed E-state index contributed by atoms with van der Waals surface area (Å²) in [5.41, 5.74) is 1.90. The maximum Gasteiger partial charge on any atom is 0.119 e. The molecule has 0 aliphatic heterocycles. The van der Waals surface area contributed by atoms with Crippen LogP contribution in [-0.4, -0.2) is 6.61 Å². The first-order chi connectivity index (χ1) is 7.74. The number of hydrogen-bond donors (Lipinski definition) is 0. The normalized spacial score (nSPS) is 12.6. The molecule has 0 N–H and O–H groups in total. The molecule has 0 saturated carbocycles. The summed E-state index contributed by atoms with van der Waals surface area (Å²) in [5.74, 6) is 0.898. The highest BCUT2D eigenvalue weighted by Crippen LogP contribution is 2.36. The Labute approximate surface area is 106 Å². The van der Waals surface area contributed by atoms with Gasteiger partial charge < -0.3 is 4.74 Å². The summed E-state index contributed by atoms with van der Waals surface area (Å²) in [6, 6.07) is 8.39. The van der Waals surface area contributed by atoms with Gasteiger partial charge >= 0.3 is 0 Å². The topological polar surface area (TPSA) is 9.23 Å². The maximum atomic E-state index is 5.36. The van der Waals surface area contributed by atoms with Crippen molar-refractivity contribution in [2.75, 3.05) is 6.61 Å². The molecule has 0 aliphatic rings. The third-order valence-electron chi connectivity index (χ3n) is 2.88. The minimum Gasteiger partial charge on any atom is -0.494 e. The fourth-order valence-corrected chi connectivity index (χ4v) is 2.55. The summed E-state index contributed by atoms with van der Waals surface area (Å²) >= 11 is 0. The van der Waals surface area contributed by atoms with Crippen LogP contribution in [0.2, 0.25) is 0 Å². The van der Waals surface area contributed by atoms with Gasteiger partial charge in [-0.15, -0.1) is 0 Å². The quantitative estimate of drug-likeness (QED) is 0.737. The predicted octanol–water partition coefficient (Wildman–Crippen LogP) is 4.61. The molecule has 1 heteroatoms. The zero-order valence-electron chi connectivity index (χ0n) is 11.8. The Kier molecular flexibility index (Phi) is 4.24. The standard InChI is InChI=1S/C16H25O/c1-7-17-14-10-8-13(9-11-14)16(5,6)12-15(2,3)4/h8-11H,1,7,12H2,2-6H3. The van der Waals surface area contributed by atoms with Crippen LogP contribution in [0.4, 0.5) is 0 Å². The number of hydrogen-bond acceptors (Lipinski definition) is 1. The second-order valence-electron chi connectivity index (χ2n) is 6.49. The van der Waals surface area contributed by atoms with Crippen LogP contribution in [0, 0.1) is 12.3 Å². The lowest BCUT2D eigenvalue weighted by Gasteiger charge is -2.33. The molecule has 17 heavy (non-hydrogen) atoms. The SMILES string of the molecule is [CH2]COc1ccc(C(C)(C)CC(C)(C)C)cc1. The lowest BCUT2D eigenvalue weighted by atomic mass is 9.72. The van der Waals surface area contributed by atoms with Gasteiger partial charge in [-0.3, -0.25) is 0 Å². The van der Waals surface area contributed by atoms with Gasteiger partial charge in [-0.1, -0.05) is 46.8 Å². The van der Waals surface area contributed by atoms with Crippen molar-refractivity contribution in [1.29, 1.82) is 0 Å². The molecule has 1 radical (unpaired) electrons. The third kappa shape index (κ3) is 4.41. The van der Waals surface area contributed by atoms with Crippen LogP contribution in [0.25, 0.3) is 0 Å².